The third kappa shape index (κ3) is 5.53. The molecule has 0 fully saturated rings. The van der Waals surface area contributed by atoms with E-state index in [1.165, 1.54) is 0 Å². The smallest absolute Gasteiger partial charge is 0.321 e. The van der Waals surface area contributed by atoms with E-state index < -0.39 is 11.6 Å². The molecule has 0 spiro atoms. The van der Waals surface area contributed by atoms with Crippen molar-refractivity contribution in [3.05, 3.63) is 0 Å². The van der Waals surface area contributed by atoms with Crippen LogP contribution >= 0.6 is 0 Å². The normalized spacial score (nSPS) is 11.2. The Kier molecular flexibility index (Phi) is 3.32. The van der Waals surface area contributed by atoms with Crippen molar-refractivity contribution in [3.63, 3.8) is 0 Å². The molecule has 0 aromatic carbocycles. The number of carbonyl (C=O) groups excluding carboxylic acids is 1. The van der Waals surface area contributed by atoms with E-state index in [9.17, 15) is 4.79 Å². The van der Waals surface area contributed by atoms with E-state index in [4.69, 9.17) is 5.73 Å². The zero-order chi connectivity index (χ0) is 8.20. The van der Waals surface area contributed by atoms with Crippen LogP contribution in [0, 0.1) is 0 Å². The molecule has 0 bridgehead atoms. The molecule has 0 unspecified atom stereocenters. The molecule has 0 aliphatic carbocycles. The number of rotatable bonds is 2. The molecule has 0 aromatic heterocycles. The molecule has 60 valence electrons. The highest BCUT2D eigenvalue weighted by atomic mass is 17.2. The lowest BCUT2D eigenvalue weighted by Crippen LogP contribution is -2.25. The fraction of sp³-hybridized carbons (Fsp3) is 0.833. The van der Waals surface area contributed by atoms with Gasteiger partial charge in [0.1, 0.15) is 5.60 Å². The van der Waals surface area contributed by atoms with Crippen LogP contribution in [0.5, 0.6) is 0 Å². The third-order valence-electron chi connectivity index (χ3n) is 0.551. The van der Waals surface area contributed by atoms with Crippen LogP contribution in [0.1, 0.15) is 20.8 Å². The summed E-state index contributed by atoms with van der Waals surface area (Å²) in [6.45, 7) is 5.17. The predicted octanol–water partition coefficient (Wildman–Crippen LogP) is 0.218. The summed E-state index contributed by atoms with van der Waals surface area (Å²) in [5, 5.41) is 0. The quantitative estimate of drug-likeness (QED) is 0.448. The zero-order valence-corrected chi connectivity index (χ0v) is 6.51. The molecule has 0 rings (SSSR count). The van der Waals surface area contributed by atoms with Crippen molar-refractivity contribution in [2.24, 2.45) is 5.73 Å². The van der Waals surface area contributed by atoms with Crippen LogP contribution in [0.3, 0.4) is 0 Å². The molecular formula is C6H13NO3. The summed E-state index contributed by atoms with van der Waals surface area (Å²) in [6, 6.07) is 0. The second-order valence-corrected chi connectivity index (χ2v) is 2.86. The van der Waals surface area contributed by atoms with Crippen LogP contribution < -0.4 is 5.73 Å². The Morgan fingerprint density at radius 3 is 2.30 bits per heavy atom. The Hall–Kier alpha value is -0.610. The fourth-order valence-electron chi connectivity index (χ4n) is 0.205. The van der Waals surface area contributed by atoms with Gasteiger partial charge >= 0.3 is 5.97 Å². The molecule has 0 saturated carbocycles. The second-order valence-electron chi connectivity index (χ2n) is 2.86. The van der Waals surface area contributed by atoms with Crippen LogP contribution in [-0.2, 0) is 14.6 Å². The minimum atomic E-state index is -0.560. The molecular weight excluding hydrogens is 134 g/mol. The molecule has 0 radical (unpaired) electrons. The van der Waals surface area contributed by atoms with Gasteiger partial charge in [0, 0.05) is 0 Å². The Morgan fingerprint density at radius 2 is 2.00 bits per heavy atom. The molecule has 0 aromatic rings. The van der Waals surface area contributed by atoms with Crippen molar-refractivity contribution < 1.29 is 14.6 Å². The lowest BCUT2D eigenvalue weighted by molar-refractivity contribution is -0.319. The highest BCUT2D eigenvalue weighted by molar-refractivity contribution is 5.70. The summed E-state index contributed by atoms with van der Waals surface area (Å²) >= 11 is 0. The molecule has 4 heteroatoms. The van der Waals surface area contributed by atoms with E-state index >= 15 is 0 Å². The van der Waals surface area contributed by atoms with Crippen LogP contribution in [0.4, 0.5) is 0 Å². The van der Waals surface area contributed by atoms with Crippen molar-refractivity contribution in [2.75, 3.05) is 6.54 Å². The van der Waals surface area contributed by atoms with E-state index in [2.05, 4.69) is 9.78 Å². The summed E-state index contributed by atoms with van der Waals surface area (Å²) in [6.07, 6.45) is 0. The maximum absolute atomic E-state index is 10.4. The molecule has 4 nitrogen and oxygen atoms in total. The molecule has 0 heterocycles. The Morgan fingerprint density at radius 1 is 1.50 bits per heavy atom. The summed E-state index contributed by atoms with van der Waals surface area (Å²) in [5.41, 5.74) is 4.48. The topological polar surface area (TPSA) is 61.5 Å². The van der Waals surface area contributed by atoms with Gasteiger partial charge in [0.05, 0.1) is 6.54 Å². The van der Waals surface area contributed by atoms with Crippen LogP contribution in [-0.4, -0.2) is 18.1 Å². The molecule has 0 atom stereocenters. The molecule has 0 aliphatic heterocycles. The van der Waals surface area contributed by atoms with E-state index in [1.54, 1.807) is 20.8 Å². The van der Waals surface area contributed by atoms with Crippen molar-refractivity contribution >= 4 is 5.97 Å². The van der Waals surface area contributed by atoms with Gasteiger partial charge in [0.25, 0.3) is 0 Å². The van der Waals surface area contributed by atoms with Gasteiger partial charge in [0.15, 0.2) is 0 Å². The van der Waals surface area contributed by atoms with Gasteiger partial charge in [-0.05, 0) is 20.8 Å². The number of hydrogen-bond donors (Lipinski definition) is 1. The average Bonchev–Trinajstić information content (AvgIpc) is 1.81. The summed E-state index contributed by atoms with van der Waals surface area (Å²) in [4.78, 5) is 19.3. The van der Waals surface area contributed by atoms with Gasteiger partial charge in [0.2, 0.25) is 0 Å². The lowest BCUT2D eigenvalue weighted by atomic mass is 10.2. The van der Waals surface area contributed by atoms with Crippen LogP contribution in [0.2, 0.25) is 0 Å². The monoisotopic (exact) mass is 147 g/mol. The fourth-order valence-corrected chi connectivity index (χ4v) is 0.205. The minimum Gasteiger partial charge on any atom is -0.321 e. The first-order valence-corrected chi connectivity index (χ1v) is 3.04. The zero-order valence-electron chi connectivity index (χ0n) is 6.51. The largest absolute Gasteiger partial charge is 0.355 e. The average molecular weight is 147 g/mol. The number of carbonyl (C=O) groups is 1. The Bertz CT molecular complexity index is 117. The highest BCUT2D eigenvalue weighted by Crippen LogP contribution is 2.06. The highest BCUT2D eigenvalue weighted by Gasteiger charge is 2.13. The number of hydrogen-bond acceptors (Lipinski definition) is 4. The standard InChI is InChI=1S/C6H13NO3/c1-6(2,3)10-9-5(8)4-7/h4,7H2,1-3H3. The van der Waals surface area contributed by atoms with Gasteiger partial charge < -0.3 is 5.73 Å². The van der Waals surface area contributed by atoms with E-state index in [1.807, 2.05) is 0 Å². The Labute approximate surface area is 60.2 Å². The maximum Gasteiger partial charge on any atom is 0.355 e. The first-order valence-electron chi connectivity index (χ1n) is 3.04. The van der Waals surface area contributed by atoms with E-state index in [0.29, 0.717) is 0 Å². The van der Waals surface area contributed by atoms with Crippen molar-refractivity contribution in [2.45, 2.75) is 26.4 Å². The number of nitrogens with two attached hydrogens (primary N) is 1. The second kappa shape index (κ2) is 3.53. The van der Waals surface area contributed by atoms with Crippen molar-refractivity contribution in [1.82, 2.24) is 0 Å². The maximum atomic E-state index is 10.4. The molecule has 10 heavy (non-hydrogen) atoms. The van der Waals surface area contributed by atoms with Gasteiger partial charge in [-0.3, -0.25) is 4.89 Å². The summed E-state index contributed by atoms with van der Waals surface area (Å²) in [7, 11) is 0. The predicted molar refractivity (Wildman–Crippen MR) is 36.0 cm³/mol. The van der Waals surface area contributed by atoms with Gasteiger partial charge in [-0.15, -0.1) is 0 Å². The minimum absolute atomic E-state index is 0.157. The van der Waals surface area contributed by atoms with Crippen LogP contribution in [0.15, 0.2) is 0 Å². The molecule has 2 N–H and O–H groups in total. The van der Waals surface area contributed by atoms with Gasteiger partial charge in [-0.1, -0.05) is 0 Å². The lowest BCUT2D eigenvalue weighted by Gasteiger charge is -2.15. The first kappa shape index (κ1) is 9.39. The summed E-state index contributed by atoms with van der Waals surface area (Å²) in [5.74, 6) is -0.560. The van der Waals surface area contributed by atoms with Crippen molar-refractivity contribution in [3.8, 4) is 0 Å². The summed E-state index contributed by atoms with van der Waals surface area (Å²) < 4.78 is 0. The van der Waals surface area contributed by atoms with E-state index in [0.717, 1.165) is 0 Å². The first-order chi connectivity index (χ1) is 4.45. The molecule has 0 saturated heterocycles. The SMILES string of the molecule is CC(C)(C)OOC(=O)CN. The Balaban J connectivity index is 3.46. The third-order valence-corrected chi connectivity index (χ3v) is 0.551. The molecule has 0 amide bonds. The van der Waals surface area contributed by atoms with Gasteiger partial charge in [-0.2, -0.15) is 4.89 Å². The molecule has 0 aliphatic rings. The van der Waals surface area contributed by atoms with Gasteiger partial charge in [-0.25, -0.2) is 4.79 Å². The van der Waals surface area contributed by atoms with Crippen molar-refractivity contribution in [1.29, 1.82) is 0 Å². The van der Waals surface area contributed by atoms with E-state index in [-0.39, 0.29) is 6.54 Å². The van der Waals surface area contributed by atoms with Crippen LogP contribution in [0.25, 0.3) is 0 Å².